The second-order valence-electron chi connectivity index (χ2n) is 9.33. The van der Waals surface area contributed by atoms with E-state index in [-0.39, 0.29) is 17.8 Å². The Bertz CT molecular complexity index is 1250. The molecule has 0 saturated carbocycles. The molecule has 1 aliphatic carbocycles. The molecule has 7 nitrogen and oxygen atoms in total. The van der Waals surface area contributed by atoms with Gasteiger partial charge >= 0.3 is 11.9 Å². The van der Waals surface area contributed by atoms with Crippen LogP contribution in [0.25, 0.3) is 0 Å². The Kier molecular flexibility index (Phi) is 7.29. The lowest BCUT2D eigenvalue weighted by Crippen LogP contribution is -2.36. The zero-order valence-corrected chi connectivity index (χ0v) is 21.2. The third-order valence-corrected chi connectivity index (χ3v) is 6.63. The van der Waals surface area contributed by atoms with Crippen LogP contribution in [-0.2, 0) is 19.1 Å². The van der Waals surface area contributed by atoms with E-state index in [1.165, 1.54) is 7.11 Å². The first-order valence-electron chi connectivity index (χ1n) is 12.0. The van der Waals surface area contributed by atoms with Crippen LogP contribution in [0.1, 0.15) is 66.9 Å². The molecular weight excluding hydrogens is 458 g/mol. The molecule has 2 unspecified atom stereocenters. The van der Waals surface area contributed by atoms with Gasteiger partial charge in [-0.05, 0) is 56.5 Å². The van der Waals surface area contributed by atoms with Gasteiger partial charge < -0.3 is 19.5 Å². The third-order valence-electron chi connectivity index (χ3n) is 6.63. The van der Waals surface area contributed by atoms with Crippen molar-refractivity contribution in [1.82, 2.24) is 5.32 Å². The number of rotatable bonds is 6. The van der Waals surface area contributed by atoms with Gasteiger partial charge in [-0.15, -0.1) is 0 Å². The summed E-state index contributed by atoms with van der Waals surface area (Å²) in [7, 11) is 2.95. The lowest BCUT2D eigenvalue weighted by molar-refractivity contribution is -0.143. The molecule has 0 amide bonds. The van der Waals surface area contributed by atoms with E-state index in [1.807, 2.05) is 31.2 Å². The fraction of sp³-hybridized carbons (Fsp3) is 0.345. The lowest BCUT2D eigenvalue weighted by Gasteiger charge is -2.37. The van der Waals surface area contributed by atoms with E-state index < -0.39 is 17.9 Å². The second kappa shape index (κ2) is 10.4. The van der Waals surface area contributed by atoms with Crippen molar-refractivity contribution in [2.75, 3.05) is 14.2 Å². The number of benzene rings is 2. The summed E-state index contributed by atoms with van der Waals surface area (Å²) < 4.78 is 15.9. The summed E-state index contributed by atoms with van der Waals surface area (Å²) >= 11 is 0. The van der Waals surface area contributed by atoms with E-state index in [9.17, 15) is 14.4 Å². The summed E-state index contributed by atoms with van der Waals surface area (Å²) in [6, 6.07) is 14.6. The van der Waals surface area contributed by atoms with E-state index in [1.54, 1.807) is 45.2 Å². The Hall–Kier alpha value is -3.87. The smallest absolute Gasteiger partial charge is 0.337 e. The standard InChI is InChI=1S/C29H31NO6/c1-16(2)36-29(33)25-17(3)30-22-14-20(21-8-6-7-9-24(21)34-4)15-23(31)27(22)26(25)18-10-12-19(13-11-18)28(32)35-5/h6-13,16,20,26,30H,14-15H2,1-5H3. The monoisotopic (exact) mass is 489 g/mol. The zero-order chi connectivity index (χ0) is 26.0. The molecule has 0 saturated heterocycles. The molecule has 2 aromatic rings. The van der Waals surface area contributed by atoms with Gasteiger partial charge in [0.15, 0.2) is 5.78 Å². The van der Waals surface area contributed by atoms with Crippen LogP contribution in [-0.4, -0.2) is 38.0 Å². The molecule has 0 fully saturated rings. The maximum absolute atomic E-state index is 13.7. The molecule has 1 N–H and O–H groups in total. The van der Waals surface area contributed by atoms with E-state index in [4.69, 9.17) is 14.2 Å². The van der Waals surface area contributed by atoms with Crippen molar-refractivity contribution >= 4 is 17.7 Å². The summed E-state index contributed by atoms with van der Waals surface area (Å²) in [5, 5.41) is 3.35. The molecule has 2 atom stereocenters. The molecule has 188 valence electrons. The summed E-state index contributed by atoms with van der Waals surface area (Å²) in [5.74, 6) is -0.873. The van der Waals surface area contributed by atoms with Crippen LogP contribution in [0.3, 0.4) is 0 Å². The van der Waals surface area contributed by atoms with Crippen molar-refractivity contribution in [3.05, 3.63) is 87.8 Å². The fourth-order valence-corrected chi connectivity index (χ4v) is 5.07. The Morgan fingerprint density at radius 3 is 2.31 bits per heavy atom. The number of hydrogen-bond donors (Lipinski definition) is 1. The van der Waals surface area contributed by atoms with Crippen LogP contribution in [0.4, 0.5) is 0 Å². The highest BCUT2D eigenvalue weighted by molar-refractivity contribution is 6.04. The van der Waals surface area contributed by atoms with Gasteiger partial charge in [-0.2, -0.15) is 0 Å². The molecule has 7 heteroatoms. The van der Waals surface area contributed by atoms with Gasteiger partial charge in [0.1, 0.15) is 5.75 Å². The number of esters is 2. The third kappa shape index (κ3) is 4.78. The van der Waals surface area contributed by atoms with Crippen LogP contribution in [0.2, 0.25) is 0 Å². The molecule has 0 bridgehead atoms. The van der Waals surface area contributed by atoms with Crippen molar-refractivity contribution in [3.8, 4) is 5.75 Å². The van der Waals surface area contributed by atoms with Gasteiger partial charge in [0.25, 0.3) is 0 Å². The summed E-state index contributed by atoms with van der Waals surface area (Å²) in [5.41, 5.74) is 4.51. The maximum Gasteiger partial charge on any atom is 0.337 e. The first-order valence-corrected chi connectivity index (χ1v) is 12.0. The largest absolute Gasteiger partial charge is 0.496 e. The Morgan fingerprint density at radius 1 is 0.972 bits per heavy atom. The molecule has 2 aromatic carbocycles. The van der Waals surface area contributed by atoms with Crippen LogP contribution in [0, 0.1) is 0 Å². The van der Waals surface area contributed by atoms with Crippen molar-refractivity contribution in [3.63, 3.8) is 0 Å². The normalized spacial score (nSPS) is 19.6. The second-order valence-corrected chi connectivity index (χ2v) is 9.33. The molecule has 36 heavy (non-hydrogen) atoms. The Morgan fingerprint density at radius 2 is 1.67 bits per heavy atom. The number of carbonyl (C=O) groups is 3. The van der Waals surface area contributed by atoms with Crippen LogP contribution in [0.5, 0.6) is 5.75 Å². The minimum absolute atomic E-state index is 0.0379. The first kappa shape index (κ1) is 25.2. The minimum Gasteiger partial charge on any atom is -0.496 e. The molecule has 1 aliphatic heterocycles. The molecule has 0 spiro atoms. The average molecular weight is 490 g/mol. The van der Waals surface area contributed by atoms with Crippen molar-refractivity contribution in [2.45, 2.75) is 51.6 Å². The number of ether oxygens (including phenoxy) is 3. The Labute approximate surface area is 211 Å². The summed E-state index contributed by atoms with van der Waals surface area (Å²) in [4.78, 5) is 38.9. The molecule has 1 heterocycles. The zero-order valence-electron chi connectivity index (χ0n) is 21.2. The highest BCUT2D eigenvalue weighted by atomic mass is 16.5. The number of nitrogens with one attached hydrogen (secondary N) is 1. The van der Waals surface area contributed by atoms with Crippen LogP contribution >= 0.6 is 0 Å². The Balaban J connectivity index is 1.80. The quantitative estimate of drug-likeness (QED) is 0.583. The van der Waals surface area contributed by atoms with Gasteiger partial charge in [-0.25, -0.2) is 9.59 Å². The van der Waals surface area contributed by atoms with E-state index >= 15 is 0 Å². The van der Waals surface area contributed by atoms with Crippen molar-refractivity contribution < 1.29 is 28.6 Å². The number of dihydropyridines is 1. The van der Waals surface area contributed by atoms with Crippen LogP contribution < -0.4 is 10.1 Å². The summed E-state index contributed by atoms with van der Waals surface area (Å²) in [6.07, 6.45) is 0.582. The molecule has 4 rings (SSSR count). The minimum atomic E-state index is -0.606. The number of hydrogen-bond acceptors (Lipinski definition) is 7. The van der Waals surface area contributed by atoms with Gasteiger partial charge in [-0.3, -0.25) is 4.79 Å². The maximum atomic E-state index is 13.7. The number of ketones is 1. The molecule has 0 aromatic heterocycles. The van der Waals surface area contributed by atoms with E-state index in [0.717, 1.165) is 22.6 Å². The van der Waals surface area contributed by atoms with Crippen molar-refractivity contribution in [2.24, 2.45) is 0 Å². The van der Waals surface area contributed by atoms with Gasteiger partial charge in [0.05, 0.1) is 31.5 Å². The average Bonchev–Trinajstić information content (AvgIpc) is 2.86. The molecular formula is C29H31NO6. The molecule has 2 aliphatic rings. The SMILES string of the molecule is COC(=O)c1ccc(C2C(C(=O)OC(C)C)=C(C)NC3=C2C(=O)CC(c2ccccc2OC)C3)cc1. The summed E-state index contributed by atoms with van der Waals surface area (Å²) in [6.45, 7) is 5.41. The first-order chi connectivity index (χ1) is 17.2. The van der Waals surface area contributed by atoms with Gasteiger partial charge in [0, 0.05) is 35.2 Å². The van der Waals surface area contributed by atoms with Crippen molar-refractivity contribution in [1.29, 1.82) is 0 Å². The van der Waals surface area contributed by atoms with Gasteiger partial charge in [0.2, 0.25) is 0 Å². The van der Waals surface area contributed by atoms with Gasteiger partial charge in [-0.1, -0.05) is 30.3 Å². The van der Waals surface area contributed by atoms with E-state index in [2.05, 4.69) is 5.32 Å². The lowest BCUT2D eigenvalue weighted by atomic mass is 9.71. The predicted molar refractivity (Wildman–Crippen MR) is 135 cm³/mol. The fourth-order valence-electron chi connectivity index (χ4n) is 5.07. The predicted octanol–water partition coefficient (Wildman–Crippen LogP) is 4.80. The van der Waals surface area contributed by atoms with Crippen LogP contribution in [0.15, 0.2) is 71.1 Å². The number of carbonyl (C=O) groups excluding carboxylic acids is 3. The highest BCUT2D eigenvalue weighted by Gasteiger charge is 2.42. The molecule has 0 radical (unpaired) electrons. The number of allylic oxidation sites excluding steroid dienone is 3. The van der Waals surface area contributed by atoms with E-state index in [0.29, 0.717) is 35.2 Å². The number of Topliss-reactive ketones (excluding diaryl/α,β-unsaturated/α-hetero) is 1. The number of methoxy groups -OCH3 is 2. The number of para-hydroxylation sites is 1. The highest BCUT2D eigenvalue weighted by Crippen LogP contribution is 2.47. The topological polar surface area (TPSA) is 90.9 Å².